The minimum atomic E-state index is 0.191. The third kappa shape index (κ3) is 3.63. The lowest BCUT2D eigenvalue weighted by Crippen LogP contribution is -2.27. The Bertz CT molecular complexity index is 667. The minimum absolute atomic E-state index is 0.191. The van der Waals surface area contributed by atoms with E-state index in [2.05, 4.69) is 31.2 Å². The quantitative estimate of drug-likeness (QED) is 0.736. The Hall–Kier alpha value is -2.25. The molecule has 0 saturated heterocycles. The Labute approximate surface area is 142 Å². The van der Waals surface area contributed by atoms with Gasteiger partial charge in [-0.1, -0.05) is 6.07 Å². The van der Waals surface area contributed by atoms with Gasteiger partial charge < -0.3 is 19.7 Å². The lowest BCUT2D eigenvalue weighted by atomic mass is 9.99. The van der Waals surface area contributed by atoms with Crippen molar-refractivity contribution in [3.05, 3.63) is 41.9 Å². The highest BCUT2D eigenvalue weighted by Crippen LogP contribution is 2.37. The molecular formula is C17H23N5O2. The fourth-order valence-electron chi connectivity index (χ4n) is 2.92. The van der Waals surface area contributed by atoms with Crippen LogP contribution in [0.2, 0.25) is 0 Å². The van der Waals surface area contributed by atoms with E-state index in [9.17, 15) is 0 Å². The van der Waals surface area contributed by atoms with Crippen LogP contribution in [-0.4, -0.2) is 62.0 Å². The number of hydrogen-bond acceptors (Lipinski definition) is 7. The number of pyridine rings is 1. The van der Waals surface area contributed by atoms with Gasteiger partial charge >= 0.3 is 0 Å². The van der Waals surface area contributed by atoms with Crippen LogP contribution in [0.15, 0.2) is 30.6 Å². The van der Waals surface area contributed by atoms with E-state index in [1.165, 1.54) is 5.56 Å². The maximum Gasteiger partial charge on any atom is 0.222 e. The van der Waals surface area contributed by atoms with Gasteiger partial charge in [-0.25, -0.2) is 15.0 Å². The van der Waals surface area contributed by atoms with E-state index in [4.69, 9.17) is 9.47 Å². The molecule has 3 rings (SSSR count). The molecule has 1 aliphatic rings. The Morgan fingerprint density at radius 2 is 2.04 bits per heavy atom. The SMILES string of the molecule is COCCNc1nccc(C2CN(CCOC)c3ncccc32)n1. The third-order valence-corrected chi connectivity index (χ3v) is 4.08. The van der Waals surface area contributed by atoms with Gasteiger partial charge in [0.2, 0.25) is 5.95 Å². The van der Waals surface area contributed by atoms with Crippen LogP contribution < -0.4 is 10.2 Å². The summed E-state index contributed by atoms with van der Waals surface area (Å²) < 4.78 is 10.3. The minimum Gasteiger partial charge on any atom is -0.383 e. The monoisotopic (exact) mass is 329 g/mol. The topological polar surface area (TPSA) is 72.4 Å². The molecule has 0 fully saturated rings. The number of nitrogens with zero attached hydrogens (tertiary/aromatic N) is 4. The molecule has 0 spiro atoms. The highest BCUT2D eigenvalue weighted by Gasteiger charge is 2.31. The van der Waals surface area contributed by atoms with E-state index >= 15 is 0 Å². The first-order valence-corrected chi connectivity index (χ1v) is 8.08. The molecule has 128 valence electrons. The van der Waals surface area contributed by atoms with Crippen molar-refractivity contribution in [3.63, 3.8) is 0 Å². The van der Waals surface area contributed by atoms with E-state index in [1.807, 2.05) is 18.3 Å². The summed E-state index contributed by atoms with van der Waals surface area (Å²) in [5, 5.41) is 3.18. The second-order valence-corrected chi connectivity index (χ2v) is 5.63. The van der Waals surface area contributed by atoms with Gasteiger partial charge in [0.15, 0.2) is 0 Å². The van der Waals surface area contributed by atoms with Gasteiger partial charge in [0.1, 0.15) is 5.82 Å². The molecule has 7 heteroatoms. The van der Waals surface area contributed by atoms with Crippen molar-refractivity contribution < 1.29 is 9.47 Å². The molecule has 1 N–H and O–H groups in total. The molecular weight excluding hydrogens is 306 g/mol. The maximum absolute atomic E-state index is 5.22. The summed E-state index contributed by atoms with van der Waals surface area (Å²) in [6, 6.07) is 6.08. The Morgan fingerprint density at radius 3 is 2.88 bits per heavy atom. The van der Waals surface area contributed by atoms with Gasteiger partial charge in [-0.2, -0.15) is 0 Å². The van der Waals surface area contributed by atoms with Gasteiger partial charge in [0.05, 0.1) is 18.9 Å². The predicted molar refractivity (Wildman–Crippen MR) is 92.6 cm³/mol. The highest BCUT2D eigenvalue weighted by molar-refractivity contribution is 5.57. The van der Waals surface area contributed by atoms with E-state index in [1.54, 1.807) is 20.4 Å². The van der Waals surface area contributed by atoms with Crippen molar-refractivity contribution in [2.24, 2.45) is 0 Å². The molecule has 24 heavy (non-hydrogen) atoms. The number of anilines is 2. The Balaban J connectivity index is 1.80. The first-order valence-electron chi connectivity index (χ1n) is 8.08. The molecule has 0 aromatic carbocycles. The van der Waals surface area contributed by atoms with E-state index in [0.717, 1.165) is 24.6 Å². The molecule has 1 aliphatic heterocycles. The first-order chi connectivity index (χ1) is 11.8. The van der Waals surface area contributed by atoms with Gasteiger partial charge in [-0.05, 0) is 12.1 Å². The fourth-order valence-corrected chi connectivity index (χ4v) is 2.92. The first kappa shape index (κ1) is 16.6. The molecule has 0 radical (unpaired) electrons. The van der Waals surface area contributed by atoms with Crippen LogP contribution in [0.3, 0.4) is 0 Å². The van der Waals surface area contributed by atoms with Gasteiger partial charge in [0, 0.05) is 57.7 Å². The molecule has 7 nitrogen and oxygen atoms in total. The van der Waals surface area contributed by atoms with Crippen molar-refractivity contribution in [1.29, 1.82) is 0 Å². The van der Waals surface area contributed by atoms with Crippen molar-refractivity contribution >= 4 is 11.8 Å². The van der Waals surface area contributed by atoms with Crippen molar-refractivity contribution in [2.45, 2.75) is 5.92 Å². The van der Waals surface area contributed by atoms with E-state index in [-0.39, 0.29) is 5.92 Å². The number of ether oxygens (including phenoxy) is 2. The van der Waals surface area contributed by atoms with Crippen LogP contribution in [0.25, 0.3) is 0 Å². The van der Waals surface area contributed by atoms with Crippen LogP contribution in [0, 0.1) is 0 Å². The maximum atomic E-state index is 5.22. The summed E-state index contributed by atoms with van der Waals surface area (Å²) in [7, 11) is 3.39. The Morgan fingerprint density at radius 1 is 1.17 bits per heavy atom. The number of hydrogen-bond donors (Lipinski definition) is 1. The van der Waals surface area contributed by atoms with Crippen molar-refractivity contribution in [3.8, 4) is 0 Å². The number of rotatable bonds is 8. The smallest absolute Gasteiger partial charge is 0.222 e. The van der Waals surface area contributed by atoms with Gasteiger partial charge in [0.25, 0.3) is 0 Å². The standard InChI is InChI=1S/C17H23N5O2/c1-23-10-8-20-17-19-7-5-15(21-17)14-12-22(9-11-24-2)16-13(14)4-3-6-18-16/h3-7,14H,8-12H2,1-2H3,(H,19,20,21). The zero-order valence-corrected chi connectivity index (χ0v) is 14.1. The van der Waals surface area contributed by atoms with Crippen LogP contribution >= 0.6 is 0 Å². The molecule has 0 bridgehead atoms. The van der Waals surface area contributed by atoms with Crippen LogP contribution in [0.1, 0.15) is 17.2 Å². The molecule has 3 heterocycles. The summed E-state index contributed by atoms with van der Waals surface area (Å²) in [5.74, 6) is 1.84. The van der Waals surface area contributed by atoms with E-state index in [0.29, 0.717) is 25.7 Å². The molecule has 1 unspecified atom stereocenters. The van der Waals surface area contributed by atoms with Crippen LogP contribution in [0.4, 0.5) is 11.8 Å². The second-order valence-electron chi connectivity index (χ2n) is 5.63. The summed E-state index contributed by atoms with van der Waals surface area (Å²) in [6.07, 6.45) is 3.63. The highest BCUT2D eigenvalue weighted by atomic mass is 16.5. The number of nitrogens with one attached hydrogen (secondary N) is 1. The second kappa shape index (κ2) is 8.03. The zero-order valence-electron chi connectivity index (χ0n) is 14.1. The molecule has 0 aliphatic carbocycles. The van der Waals surface area contributed by atoms with Crippen molar-refractivity contribution in [1.82, 2.24) is 15.0 Å². The van der Waals surface area contributed by atoms with Gasteiger partial charge in [-0.3, -0.25) is 0 Å². The normalized spacial score (nSPS) is 16.2. The summed E-state index contributed by atoms with van der Waals surface area (Å²) in [5.41, 5.74) is 2.20. The zero-order chi connectivity index (χ0) is 16.8. The number of methoxy groups -OCH3 is 2. The molecule has 0 saturated carbocycles. The largest absolute Gasteiger partial charge is 0.383 e. The lowest BCUT2D eigenvalue weighted by molar-refractivity contribution is 0.205. The third-order valence-electron chi connectivity index (χ3n) is 4.08. The van der Waals surface area contributed by atoms with Crippen LogP contribution in [-0.2, 0) is 9.47 Å². The number of fused-ring (bicyclic) bond motifs is 1. The molecule has 2 aromatic rings. The molecule has 1 atom stereocenters. The molecule has 2 aromatic heterocycles. The van der Waals surface area contributed by atoms with Gasteiger partial charge in [-0.15, -0.1) is 0 Å². The number of aromatic nitrogens is 3. The average molecular weight is 329 g/mol. The lowest BCUT2D eigenvalue weighted by Gasteiger charge is -2.18. The van der Waals surface area contributed by atoms with Crippen LogP contribution in [0.5, 0.6) is 0 Å². The Kier molecular flexibility index (Phi) is 5.55. The van der Waals surface area contributed by atoms with E-state index < -0.39 is 0 Å². The predicted octanol–water partition coefficient (Wildman–Crippen LogP) is 1.53. The van der Waals surface area contributed by atoms with Crippen molar-refractivity contribution in [2.75, 3.05) is 57.3 Å². The summed E-state index contributed by atoms with van der Waals surface area (Å²) in [6.45, 7) is 3.65. The summed E-state index contributed by atoms with van der Waals surface area (Å²) in [4.78, 5) is 15.8. The average Bonchev–Trinajstić information content (AvgIpc) is 2.99. The molecule has 0 amide bonds. The summed E-state index contributed by atoms with van der Waals surface area (Å²) >= 11 is 0. The fraction of sp³-hybridized carbons (Fsp3) is 0.471.